The van der Waals surface area contributed by atoms with Gasteiger partial charge in [0.2, 0.25) is 0 Å². The van der Waals surface area contributed by atoms with E-state index >= 15 is 0 Å². The molecule has 3 nitrogen and oxygen atoms in total. The lowest BCUT2D eigenvalue weighted by atomic mass is 10.0. The third-order valence-electron chi connectivity index (χ3n) is 2.47. The first-order chi connectivity index (χ1) is 7.56. The number of rotatable bonds is 8. The normalized spacial score (nSPS) is 14.2. The summed E-state index contributed by atoms with van der Waals surface area (Å²) in [5, 5.41) is 0. The van der Waals surface area contributed by atoms with Crippen LogP contribution in [0.3, 0.4) is 0 Å². The van der Waals surface area contributed by atoms with Crippen molar-refractivity contribution in [2.45, 2.75) is 58.7 Å². The lowest BCUT2D eigenvalue weighted by Gasteiger charge is -2.25. The molecular formula is C13H24O3. The van der Waals surface area contributed by atoms with Gasteiger partial charge in [-0.1, -0.05) is 33.3 Å². The molecule has 0 N–H and O–H groups in total. The van der Waals surface area contributed by atoms with Gasteiger partial charge in [-0.15, -0.1) is 0 Å². The predicted octanol–water partition coefficient (Wildman–Crippen LogP) is 3.09. The molecule has 94 valence electrons. The van der Waals surface area contributed by atoms with Crippen LogP contribution in [-0.2, 0) is 14.3 Å². The highest BCUT2D eigenvalue weighted by molar-refractivity contribution is 5.87. The molecule has 2 atom stereocenters. The monoisotopic (exact) mass is 228 g/mol. The summed E-state index contributed by atoms with van der Waals surface area (Å²) in [4.78, 5) is 11.5. The second-order valence-electron chi connectivity index (χ2n) is 4.08. The summed E-state index contributed by atoms with van der Waals surface area (Å²) in [5.74, 6) is -0.323. The van der Waals surface area contributed by atoms with Crippen LogP contribution in [0.25, 0.3) is 0 Å². The van der Waals surface area contributed by atoms with Crippen molar-refractivity contribution in [3.63, 3.8) is 0 Å². The van der Waals surface area contributed by atoms with E-state index < -0.39 is 0 Å². The zero-order valence-electron chi connectivity index (χ0n) is 10.9. The van der Waals surface area contributed by atoms with Crippen LogP contribution in [0.1, 0.15) is 46.5 Å². The van der Waals surface area contributed by atoms with Crippen molar-refractivity contribution in [2.75, 3.05) is 7.11 Å². The van der Waals surface area contributed by atoms with Crippen molar-refractivity contribution in [1.82, 2.24) is 0 Å². The van der Waals surface area contributed by atoms with Crippen molar-refractivity contribution in [2.24, 2.45) is 0 Å². The third kappa shape index (κ3) is 5.31. The summed E-state index contributed by atoms with van der Waals surface area (Å²) in [6.07, 6.45) is 3.57. The lowest BCUT2D eigenvalue weighted by Crippen LogP contribution is -2.33. The topological polar surface area (TPSA) is 35.5 Å². The Labute approximate surface area is 98.8 Å². The molecule has 0 aromatic rings. The maximum absolute atomic E-state index is 11.5. The van der Waals surface area contributed by atoms with Crippen molar-refractivity contribution < 1.29 is 14.3 Å². The molecular weight excluding hydrogens is 204 g/mol. The minimum atomic E-state index is -0.323. The van der Waals surface area contributed by atoms with Gasteiger partial charge in [0.05, 0.1) is 6.10 Å². The van der Waals surface area contributed by atoms with Crippen molar-refractivity contribution in [3.8, 4) is 0 Å². The van der Waals surface area contributed by atoms with E-state index in [1.54, 1.807) is 14.0 Å². The van der Waals surface area contributed by atoms with Gasteiger partial charge in [0, 0.05) is 12.7 Å². The summed E-state index contributed by atoms with van der Waals surface area (Å²) in [6, 6.07) is 0. The van der Waals surface area contributed by atoms with Crippen LogP contribution < -0.4 is 0 Å². The largest absolute Gasteiger partial charge is 0.456 e. The zero-order valence-corrected chi connectivity index (χ0v) is 10.9. The van der Waals surface area contributed by atoms with Crippen LogP contribution >= 0.6 is 0 Å². The van der Waals surface area contributed by atoms with Crippen LogP contribution in [0.15, 0.2) is 12.2 Å². The van der Waals surface area contributed by atoms with Crippen LogP contribution in [0.5, 0.6) is 0 Å². The first-order valence-corrected chi connectivity index (χ1v) is 5.96. The molecule has 0 amide bonds. The first kappa shape index (κ1) is 15.2. The van der Waals surface area contributed by atoms with Crippen molar-refractivity contribution in [1.29, 1.82) is 0 Å². The number of hydrogen-bond donors (Lipinski definition) is 0. The molecule has 0 heterocycles. The highest BCUT2D eigenvalue weighted by Gasteiger charge is 2.23. The van der Waals surface area contributed by atoms with E-state index in [-0.39, 0.29) is 18.2 Å². The summed E-state index contributed by atoms with van der Waals surface area (Å²) in [7, 11) is 1.66. The first-order valence-electron chi connectivity index (χ1n) is 5.96. The van der Waals surface area contributed by atoms with Gasteiger partial charge in [0.15, 0.2) is 0 Å². The van der Waals surface area contributed by atoms with Gasteiger partial charge in [-0.25, -0.2) is 4.79 Å². The predicted molar refractivity (Wildman–Crippen MR) is 65.3 cm³/mol. The minimum absolute atomic E-state index is 0.00625. The smallest absolute Gasteiger partial charge is 0.333 e. The minimum Gasteiger partial charge on any atom is -0.456 e. The molecule has 0 spiro atoms. The molecule has 16 heavy (non-hydrogen) atoms. The average Bonchev–Trinajstić information content (AvgIpc) is 2.25. The van der Waals surface area contributed by atoms with Crippen molar-refractivity contribution >= 4 is 5.97 Å². The number of carbonyl (C=O) groups is 1. The third-order valence-corrected chi connectivity index (χ3v) is 2.47. The zero-order chi connectivity index (χ0) is 12.6. The summed E-state index contributed by atoms with van der Waals surface area (Å²) >= 11 is 0. The highest BCUT2D eigenvalue weighted by Crippen LogP contribution is 2.16. The Morgan fingerprint density at radius 3 is 2.06 bits per heavy atom. The number of hydrogen-bond acceptors (Lipinski definition) is 3. The van der Waals surface area contributed by atoms with Crippen LogP contribution in [0.4, 0.5) is 0 Å². The Bertz CT molecular complexity index is 223. The molecule has 0 radical (unpaired) electrons. The van der Waals surface area contributed by atoms with Gasteiger partial charge in [-0.2, -0.15) is 0 Å². The Kier molecular flexibility index (Phi) is 7.90. The summed E-state index contributed by atoms with van der Waals surface area (Å²) in [5.41, 5.74) is 0.437. The maximum atomic E-state index is 11.5. The Balaban J connectivity index is 4.44. The van der Waals surface area contributed by atoms with Crippen LogP contribution in [0.2, 0.25) is 0 Å². The number of esters is 1. The number of carbonyl (C=O) groups excluding carboxylic acids is 1. The number of methoxy groups -OCH3 is 1. The maximum Gasteiger partial charge on any atom is 0.333 e. The molecule has 0 aromatic carbocycles. The van der Waals surface area contributed by atoms with E-state index in [1.807, 2.05) is 0 Å². The van der Waals surface area contributed by atoms with Gasteiger partial charge in [-0.3, -0.25) is 0 Å². The lowest BCUT2D eigenvalue weighted by molar-refractivity contribution is -0.152. The molecule has 2 unspecified atom stereocenters. The molecule has 0 saturated heterocycles. The molecule has 0 aliphatic carbocycles. The van der Waals surface area contributed by atoms with Gasteiger partial charge in [-0.05, 0) is 19.8 Å². The van der Waals surface area contributed by atoms with Gasteiger partial charge < -0.3 is 9.47 Å². The van der Waals surface area contributed by atoms with Crippen LogP contribution in [0, 0.1) is 0 Å². The molecule has 0 bridgehead atoms. The number of ether oxygens (including phenoxy) is 2. The second-order valence-corrected chi connectivity index (χ2v) is 4.08. The molecule has 0 aromatic heterocycles. The van der Waals surface area contributed by atoms with E-state index in [9.17, 15) is 4.79 Å². The molecule has 0 rings (SSSR count). The fraction of sp³-hybridized carbons (Fsp3) is 0.769. The van der Waals surface area contributed by atoms with E-state index in [0.717, 1.165) is 25.7 Å². The Hall–Kier alpha value is -0.830. The van der Waals surface area contributed by atoms with Gasteiger partial charge in [0.1, 0.15) is 6.10 Å². The van der Waals surface area contributed by atoms with E-state index in [0.29, 0.717) is 5.57 Å². The SMILES string of the molecule is C=C(C)C(=O)OC(CCC)C(CCC)OC. The Morgan fingerprint density at radius 2 is 1.69 bits per heavy atom. The second kappa shape index (κ2) is 8.34. The molecule has 0 aliphatic heterocycles. The molecule has 0 fully saturated rings. The molecule has 0 saturated carbocycles. The Morgan fingerprint density at radius 1 is 1.19 bits per heavy atom. The standard InChI is InChI=1S/C13H24O3/c1-6-8-11(15-5)12(9-7-2)16-13(14)10(3)4/h11-12H,3,6-9H2,1-2,4-5H3. The van der Waals surface area contributed by atoms with Gasteiger partial charge in [0.25, 0.3) is 0 Å². The van der Waals surface area contributed by atoms with E-state index in [1.165, 1.54) is 0 Å². The fourth-order valence-corrected chi connectivity index (χ4v) is 1.58. The summed E-state index contributed by atoms with van der Waals surface area (Å²) < 4.78 is 10.8. The molecule has 3 heteroatoms. The summed E-state index contributed by atoms with van der Waals surface area (Å²) in [6.45, 7) is 9.41. The van der Waals surface area contributed by atoms with Gasteiger partial charge >= 0.3 is 5.97 Å². The molecule has 0 aliphatic rings. The quantitative estimate of drug-likeness (QED) is 0.473. The van der Waals surface area contributed by atoms with Crippen molar-refractivity contribution in [3.05, 3.63) is 12.2 Å². The fourth-order valence-electron chi connectivity index (χ4n) is 1.58. The highest BCUT2D eigenvalue weighted by atomic mass is 16.6. The van der Waals surface area contributed by atoms with E-state index in [2.05, 4.69) is 20.4 Å². The van der Waals surface area contributed by atoms with E-state index in [4.69, 9.17) is 9.47 Å². The van der Waals surface area contributed by atoms with Crippen LogP contribution in [-0.4, -0.2) is 25.3 Å². The average molecular weight is 228 g/mol.